The number of aliphatic hydroxyl groups excluding tert-OH is 1. The Morgan fingerprint density at radius 3 is 2.65 bits per heavy atom. The van der Waals surface area contributed by atoms with Crippen LogP contribution in [0.3, 0.4) is 0 Å². The summed E-state index contributed by atoms with van der Waals surface area (Å²) in [7, 11) is 0. The van der Waals surface area contributed by atoms with Crippen molar-refractivity contribution >= 4 is 27.9 Å². The first-order chi connectivity index (χ1) is 9.58. The Morgan fingerprint density at radius 1 is 1.40 bits per heavy atom. The summed E-state index contributed by atoms with van der Waals surface area (Å²) in [4.78, 5) is 14.0. The van der Waals surface area contributed by atoms with Crippen molar-refractivity contribution in [2.24, 2.45) is 5.92 Å². The van der Waals surface area contributed by atoms with Crippen LogP contribution in [0.1, 0.15) is 25.3 Å². The molecule has 4 heteroatoms. The Morgan fingerprint density at radius 2 is 2.05 bits per heavy atom. The molecule has 1 aromatic carbocycles. The third-order valence-electron chi connectivity index (χ3n) is 3.84. The molecule has 1 heterocycles. The van der Waals surface area contributed by atoms with E-state index in [0.29, 0.717) is 5.92 Å². The molecule has 1 aromatic rings. The van der Waals surface area contributed by atoms with Gasteiger partial charge in [-0.3, -0.25) is 4.79 Å². The second-order valence-corrected chi connectivity index (χ2v) is 6.11. The number of nitrogens with zero attached hydrogens (tertiary/aromatic N) is 1. The van der Waals surface area contributed by atoms with Gasteiger partial charge in [0, 0.05) is 23.6 Å². The molecule has 20 heavy (non-hydrogen) atoms. The van der Waals surface area contributed by atoms with Crippen LogP contribution in [0.5, 0.6) is 0 Å². The smallest absolute Gasteiger partial charge is 0.246 e. The van der Waals surface area contributed by atoms with E-state index < -0.39 is 0 Å². The molecule has 1 amide bonds. The molecule has 1 atom stereocenters. The Kier molecular flexibility index (Phi) is 5.38. The molecule has 108 valence electrons. The molecule has 0 bridgehead atoms. The van der Waals surface area contributed by atoms with Crippen molar-refractivity contribution in [3.63, 3.8) is 0 Å². The highest BCUT2D eigenvalue weighted by molar-refractivity contribution is 9.10. The zero-order valence-corrected chi connectivity index (χ0v) is 13.2. The molecule has 0 aromatic heterocycles. The number of hydrogen-bond acceptors (Lipinski definition) is 2. The fourth-order valence-corrected chi connectivity index (χ4v) is 2.90. The van der Waals surface area contributed by atoms with Gasteiger partial charge >= 0.3 is 0 Å². The molecule has 1 saturated heterocycles. The van der Waals surface area contributed by atoms with Gasteiger partial charge in [0.05, 0.1) is 6.10 Å². The van der Waals surface area contributed by atoms with Gasteiger partial charge in [-0.1, -0.05) is 34.1 Å². The summed E-state index contributed by atoms with van der Waals surface area (Å²) in [6.45, 7) is 3.29. The van der Waals surface area contributed by atoms with E-state index in [9.17, 15) is 9.90 Å². The second kappa shape index (κ2) is 7.04. The number of hydrogen-bond donors (Lipinski definition) is 1. The van der Waals surface area contributed by atoms with E-state index in [2.05, 4.69) is 15.9 Å². The van der Waals surface area contributed by atoms with Gasteiger partial charge in [-0.05, 0) is 43.4 Å². The summed E-state index contributed by atoms with van der Waals surface area (Å²) < 4.78 is 0.983. The average Bonchev–Trinajstić information content (AvgIpc) is 2.46. The van der Waals surface area contributed by atoms with E-state index in [-0.39, 0.29) is 12.0 Å². The number of piperidine rings is 1. The fourth-order valence-electron chi connectivity index (χ4n) is 2.48. The van der Waals surface area contributed by atoms with E-state index in [0.717, 1.165) is 36.0 Å². The Hall–Kier alpha value is -1.13. The van der Waals surface area contributed by atoms with Crippen LogP contribution in [-0.4, -0.2) is 35.1 Å². The minimum absolute atomic E-state index is 0.0461. The van der Waals surface area contributed by atoms with Crippen molar-refractivity contribution in [1.29, 1.82) is 0 Å². The second-order valence-electron chi connectivity index (χ2n) is 5.26. The maximum absolute atomic E-state index is 12.1. The summed E-state index contributed by atoms with van der Waals surface area (Å²) in [6.07, 6.45) is 4.96. The first-order valence-electron chi connectivity index (χ1n) is 6.97. The fraction of sp³-hybridized carbons (Fsp3) is 0.438. The van der Waals surface area contributed by atoms with Crippen LogP contribution in [0.15, 0.2) is 34.8 Å². The molecule has 3 nitrogen and oxygen atoms in total. The van der Waals surface area contributed by atoms with Crippen molar-refractivity contribution < 1.29 is 9.90 Å². The van der Waals surface area contributed by atoms with Gasteiger partial charge in [-0.2, -0.15) is 0 Å². The highest BCUT2D eigenvalue weighted by Crippen LogP contribution is 2.21. The topological polar surface area (TPSA) is 40.5 Å². The molecule has 1 fully saturated rings. The number of carbonyl (C=O) groups is 1. The standard InChI is InChI=1S/C16H20BrNO2/c1-12(19)13-8-10-18(11-9-13)16(20)7-6-14-4-2-3-5-15(14)17/h2-7,12-13,19H,8-11H2,1H3. The number of benzene rings is 1. The van der Waals surface area contributed by atoms with E-state index in [4.69, 9.17) is 0 Å². The minimum atomic E-state index is -0.275. The summed E-state index contributed by atoms with van der Waals surface area (Å²) in [6, 6.07) is 7.82. The monoisotopic (exact) mass is 337 g/mol. The number of likely N-dealkylation sites (tertiary alicyclic amines) is 1. The quantitative estimate of drug-likeness (QED) is 0.861. The maximum atomic E-state index is 12.1. The molecule has 0 saturated carbocycles. The predicted octanol–water partition coefficient (Wildman–Crippen LogP) is 3.08. The Balaban J connectivity index is 1.92. The molecule has 0 aliphatic carbocycles. The first kappa shape index (κ1) is 15.3. The minimum Gasteiger partial charge on any atom is -0.393 e. The zero-order chi connectivity index (χ0) is 14.5. The van der Waals surface area contributed by atoms with Gasteiger partial charge in [-0.25, -0.2) is 0 Å². The highest BCUT2D eigenvalue weighted by atomic mass is 79.9. The summed E-state index contributed by atoms with van der Waals surface area (Å²) in [5.41, 5.74) is 1.000. The Bertz CT molecular complexity index is 491. The van der Waals surface area contributed by atoms with Crippen molar-refractivity contribution in [3.05, 3.63) is 40.4 Å². The van der Waals surface area contributed by atoms with Crippen molar-refractivity contribution in [1.82, 2.24) is 4.90 Å². The molecule has 2 rings (SSSR count). The molecular formula is C16H20BrNO2. The summed E-state index contributed by atoms with van der Waals surface area (Å²) in [5.74, 6) is 0.371. The lowest BCUT2D eigenvalue weighted by atomic mass is 9.92. The molecular weight excluding hydrogens is 318 g/mol. The Labute approximate surface area is 128 Å². The van der Waals surface area contributed by atoms with Crippen molar-refractivity contribution in [2.45, 2.75) is 25.9 Å². The van der Waals surface area contributed by atoms with Crippen molar-refractivity contribution in [2.75, 3.05) is 13.1 Å². The number of amides is 1. The van der Waals surface area contributed by atoms with Gasteiger partial charge in [0.2, 0.25) is 5.91 Å². The lowest BCUT2D eigenvalue weighted by molar-refractivity contribution is -0.127. The van der Waals surface area contributed by atoms with Gasteiger partial charge in [-0.15, -0.1) is 0 Å². The highest BCUT2D eigenvalue weighted by Gasteiger charge is 2.24. The number of carbonyl (C=O) groups excluding carboxylic acids is 1. The van der Waals surface area contributed by atoms with Crippen molar-refractivity contribution in [3.8, 4) is 0 Å². The normalized spacial score (nSPS) is 18.4. The lowest BCUT2D eigenvalue weighted by Gasteiger charge is -2.32. The number of rotatable bonds is 3. The predicted molar refractivity (Wildman–Crippen MR) is 84.2 cm³/mol. The van der Waals surface area contributed by atoms with Gasteiger partial charge in [0.15, 0.2) is 0 Å². The van der Waals surface area contributed by atoms with Crippen LogP contribution < -0.4 is 0 Å². The third-order valence-corrected chi connectivity index (χ3v) is 4.57. The zero-order valence-electron chi connectivity index (χ0n) is 11.6. The lowest BCUT2D eigenvalue weighted by Crippen LogP contribution is -2.39. The number of aliphatic hydroxyl groups is 1. The summed E-state index contributed by atoms with van der Waals surface area (Å²) in [5, 5.41) is 9.56. The largest absolute Gasteiger partial charge is 0.393 e. The van der Waals surface area contributed by atoms with E-state index in [1.807, 2.05) is 42.2 Å². The average molecular weight is 338 g/mol. The van der Waals surface area contributed by atoms with E-state index in [1.54, 1.807) is 6.08 Å². The van der Waals surface area contributed by atoms with Crippen LogP contribution in [0.4, 0.5) is 0 Å². The molecule has 1 unspecified atom stereocenters. The van der Waals surface area contributed by atoms with E-state index >= 15 is 0 Å². The molecule has 1 aliphatic rings. The first-order valence-corrected chi connectivity index (χ1v) is 7.77. The number of halogens is 1. The van der Waals surface area contributed by atoms with Crippen LogP contribution in [-0.2, 0) is 4.79 Å². The molecule has 0 radical (unpaired) electrons. The molecule has 1 aliphatic heterocycles. The SMILES string of the molecule is CC(O)C1CCN(C(=O)C=Cc2ccccc2Br)CC1. The van der Waals surface area contributed by atoms with Crippen LogP contribution in [0, 0.1) is 5.92 Å². The van der Waals surface area contributed by atoms with Gasteiger partial charge in [0.25, 0.3) is 0 Å². The summed E-state index contributed by atoms with van der Waals surface area (Å²) >= 11 is 3.46. The third kappa shape index (κ3) is 3.93. The van der Waals surface area contributed by atoms with Gasteiger partial charge in [0.1, 0.15) is 0 Å². The van der Waals surface area contributed by atoms with Crippen LogP contribution in [0.2, 0.25) is 0 Å². The van der Waals surface area contributed by atoms with Gasteiger partial charge < -0.3 is 10.0 Å². The molecule has 1 N–H and O–H groups in total. The maximum Gasteiger partial charge on any atom is 0.246 e. The molecule has 0 spiro atoms. The van der Waals surface area contributed by atoms with Crippen LogP contribution >= 0.6 is 15.9 Å². The van der Waals surface area contributed by atoms with E-state index in [1.165, 1.54) is 0 Å². The van der Waals surface area contributed by atoms with Crippen LogP contribution in [0.25, 0.3) is 6.08 Å².